The van der Waals surface area contributed by atoms with E-state index in [0.29, 0.717) is 10.2 Å². The second-order valence-corrected chi connectivity index (χ2v) is 5.53. The van der Waals surface area contributed by atoms with E-state index in [9.17, 15) is 18.8 Å². The third-order valence-corrected chi connectivity index (χ3v) is 3.82. The van der Waals surface area contributed by atoms with Gasteiger partial charge in [-0.2, -0.15) is 4.68 Å². The van der Waals surface area contributed by atoms with Crippen molar-refractivity contribution in [2.24, 2.45) is 0 Å². The van der Waals surface area contributed by atoms with Crippen molar-refractivity contribution >= 4 is 23.1 Å². The summed E-state index contributed by atoms with van der Waals surface area (Å²) in [6.45, 7) is 1.79. The largest absolute Gasteiger partial charge is 0.511 e. The molecule has 0 aliphatic heterocycles. The first-order valence-electron chi connectivity index (χ1n) is 7.54. The van der Waals surface area contributed by atoms with Crippen LogP contribution in [0.4, 0.5) is 14.0 Å². The van der Waals surface area contributed by atoms with Crippen LogP contribution in [0.15, 0.2) is 41.2 Å². The fourth-order valence-electron chi connectivity index (χ4n) is 2.53. The van der Waals surface area contributed by atoms with Crippen molar-refractivity contribution in [2.75, 3.05) is 0 Å². The molecule has 0 saturated carbocycles. The summed E-state index contributed by atoms with van der Waals surface area (Å²) < 4.78 is 18.6. The first-order valence-corrected chi connectivity index (χ1v) is 7.54. The number of aromatic amines is 1. The van der Waals surface area contributed by atoms with Crippen LogP contribution in [0.25, 0.3) is 10.9 Å². The molecule has 0 bridgehead atoms. The summed E-state index contributed by atoms with van der Waals surface area (Å²) in [5.41, 5.74) is 0.835. The molecule has 0 saturated heterocycles. The van der Waals surface area contributed by atoms with Crippen LogP contribution >= 0.6 is 0 Å². The Morgan fingerprint density at radius 2 is 2.08 bits per heavy atom. The minimum Gasteiger partial charge on any atom is -0.449 e. The Bertz CT molecular complexity index is 1070. The predicted molar refractivity (Wildman–Crippen MR) is 90.0 cm³/mol. The zero-order valence-corrected chi connectivity index (χ0v) is 13.6. The van der Waals surface area contributed by atoms with Crippen LogP contribution in [0.3, 0.4) is 0 Å². The molecule has 3 rings (SSSR count). The average molecular weight is 359 g/mol. The highest BCUT2D eigenvalue weighted by atomic mass is 19.1. The van der Waals surface area contributed by atoms with Gasteiger partial charge in [-0.25, -0.2) is 14.0 Å². The number of fused-ring (bicyclic) bond motifs is 1. The van der Waals surface area contributed by atoms with Gasteiger partial charge in [0, 0.05) is 6.54 Å². The van der Waals surface area contributed by atoms with Gasteiger partial charge in [-0.3, -0.25) is 9.89 Å². The van der Waals surface area contributed by atoms with E-state index in [0.717, 1.165) is 5.56 Å². The van der Waals surface area contributed by atoms with Crippen molar-refractivity contribution in [1.29, 1.82) is 0 Å². The topological polar surface area (TPSA) is 113 Å². The van der Waals surface area contributed by atoms with E-state index in [-0.39, 0.29) is 23.2 Å². The maximum absolute atomic E-state index is 13.3. The molecular weight excluding hydrogens is 345 g/mol. The first-order chi connectivity index (χ1) is 12.4. The molecule has 0 aliphatic rings. The number of carboxylic acid groups (broad SMARTS) is 1. The summed E-state index contributed by atoms with van der Waals surface area (Å²) in [7, 11) is 0. The lowest BCUT2D eigenvalue weighted by Crippen LogP contribution is -2.35. The number of aryl methyl sites for hydroxylation is 1. The quantitative estimate of drug-likeness (QED) is 0.491. The van der Waals surface area contributed by atoms with Crippen molar-refractivity contribution in [3.05, 3.63) is 63.7 Å². The molecule has 0 atom stereocenters. The van der Waals surface area contributed by atoms with Gasteiger partial charge in [0.1, 0.15) is 17.0 Å². The standard InChI is InChI=1S/C17H14FN3O5/c1-9-5-6-11(18)7-10(9)8-19-16(23)21-15(22)14-12(20-21)3-2-4-13(14)26-17(24)25/h2-7,20H,8H2,1H3,(H,19,23)(H,24,25). The van der Waals surface area contributed by atoms with Crippen LogP contribution in [0, 0.1) is 12.7 Å². The Labute approximate surface area is 145 Å². The molecule has 8 nitrogen and oxygen atoms in total. The molecule has 2 aromatic carbocycles. The van der Waals surface area contributed by atoms with Gasteiger partial charge in [0.05, 0.1) is 5.52 Å². The van der Waals surface area contributed by atoms with E-state index in [1.807, 2.05) is 0 Å². The predicted octanol–water partition coefficient (Wildman–Crippen LogP) is 2.59. The van der Waals surface area contributed by atoms with Crippen LogP contribution in [0.2, 0.25) is 0 Å². The molecule has 1 heterocycles. The molecule has 0 radical (unpaired) electrons. The van der Waals surface area contributed by atoms with E-state index in [1.54, 1.807) is 13.0 Å². The molecule has 3 aromatic rings. The summed E-state index contributed by atoms with van der Waals surface area (Å²) in [6, 6.07) is 7.72. The van der Waals surface area contributed by atoms with Crippen LogP contribution in [-0.4, -0.2) is 27.1 Å². The lowest BCUT2D eigenvalue weighted by Gasteiger charge is -2.08. The summed E-state index contributed by atoms with van der Waals surface area (Å²) in [6.07, 6.45) is -1.57. The van der Waals surface area contributed by atoms with E-state index in [1.165, 1.54) is 30.3 Å². The number of ether oxygens (including phenoxy) is 1. The van der Waals surface area contributed by atoms with Gasteiger partial charge >= 0.3 is 12.2 Å². The van der Waals surface area contributed by atoms with Gasteiger partial charge in [-0.15, -0.1) is 0 Å². The Morgan fingerprint density at radius 1 is 1.31 bits per heavy atom. The van der Waals surface area contributed by atoms with Gasteiger partial charge in [-0.1, -0.05) is 12.1 Å². The second kappa shape index (κ2) is 6.71. The number of halogens is 1. The third kappa shape index (κ3) is 3.27. The van der Waals surface area contributed by atoms with Crippen molar-refractivity contribution in [3.63, 3.8) is 0 Å². The minimum absolute atomic E-state index is 0.0166. The Hall–Kier alpha value is -3.62. The molecule has 9 heteroatoms. The average Bonchev–Trinajstić information content (AvgIpc) is 2.93. The summed E-state index contributed by atoms with van der Waals surface area (Å²) in [5.74, 6) is -0.609. The molecule has 1 aromatic heterocycles. The molecule has 134 valence electrons. The fraction of sp³-hybridized carbons (Fsp3) is 0.118. The number of hydrogen-bond acceptors (Lipinski definition) is 4. The SMILES string of the molecule is Cc1ccc(F)cc1CNC(=O)n1[nH]c2cccc(OC(=O)O)c2c1=O. The van der Waals surface area contributed by atoms with E-state index >= 15 is 0 Å². The highest BCUT2D eigenvalue weighted by Crippen LogP contribution is 2.21. The van der Waals surface area contributed by atoms with E-state index in [4.69, 9.17) is 5.11 Å². The highest BCUT2D eigenvalue weighted by Gasteiger charge is 2.18. The number of carbonyl (C=O) groups excluding carboxylic acids is 1. The minimum atomic E-state index is -1.57. The third-order valence-electron chi connectivity index (χ3n) is 3.82. The van der Waals surface area contributed by atoms with E-state index in [2.05, 4.69) is 15.2 Å². The Morgan fingerprint density at radius 3 is 2.81 bits per heavy atom. The number of aromatic nitrogens is 2. The van der Waals surface area contributed by atoms with Gasteiger partial charge < -0.3 is 15.2 Å². The van der Waals surface area contributed by atoms with Gasteiger partial charge in [0.2, 0.25) is 0 Å². The number of benzene rings is 2. The summed E-state index contributed by atoms with van der Waals surface area (Å²) >= 11 is 0. The number of H-pyrrole nitrogens is 1. The monoisotopic (exact) mass is 359 g/mol. The number of rotatable bonds is 3. The maximum atomic E-state index is 13.3. The first kappa shape index (κ1) is 17.2. The highest BCUT2D eigenvalue weighted by molar-refractivity contribution is 5.89. The molecule has 0 fully saturated rings. The van der Waals surface area contributed by atoms with Crippen molar-refractivity contribution in [2.45, 2.75) is 13.5 Å². The Balaban J connectivity index is 1.89. The number of amides is 1. The van der Waals surface area contributed by atoms with Crippen LogP contribution in [0.5, 0.6) is 5.75 Å². The van der Waals surface area contributed by atoms with Gasteiger partial charge in [0.25, 0.3) is 5.56 Å². The van der Waals surface area contributed by atoms with Crippen molar-refractivity contribution in [1.82, 2.24) is 15.1 Å². The number of nitrogens with one attached hydrogen (secondary N) is 2. The molecular formula is C17H14FN3O5. The van der Waals surface area contributed by atoms with Crippen molar-refractivity contribution < 1.29 is 23.8 Å². The fourth-order valence-corrected chi connectivity index (χ4v) is 2.53. The normalized spacial score (nSPS) is 10.7. The molecule has 3 N–H and O–H groups in total. The molecule has 26 heavy (non-hydrogen) atoms. The molecule has 1 amide bonds. The van der Waals surface area contributed by atoms with E-state index < -0.39 is 23.6 Å². The van der Waals surface area contributed by atoms with Crippen LogP contribution < -0.4 is 15.6 Å². The van der Waals surface area contributed by atoms with Gasteiger partial charge in [-0.05, 0) is 42.3 Å². The summed E-state index contributed by atoms with van der Waals surface area (Å²) in [4.78, 5) is 35.5. The van der Waals surface area contributed by atoms with Gasteiger partial charge in [0.15, 0.2) is 0 Å². The molecule has 0 aliphatic carbocycles. The lowest BCUT2D eigenvalue weighted by molar-refractivity contribution is 0.145. The Kier molecular flexibility index (Phi) is 4.44. The maximum Gasteiger partial charge on any atom is 0.511 e. The number of hydrogen-bond donors (Lipinski definition) is 3. The lowest BCUT2D eigenvalue weighted by atomic mass is 10.1. The molecule has 0 spiro atoms. The van der Waals surface area contributed by atoms with Crippen LogP contribution in [-0.2, 0) is 6.54 Å². The van der Waals surface area contributed by atoms with Crippen molar-refractivity contribution in [3.8, 4) is 5.75 Å². The zero-order chi connectivity index (χ0) is 18.8. The zero-order valence-electron chi connectivity index (χ0n) is 13.6. The molecule has 0 unspecified atom stereocenters. The summed E-state index contributed by atoms with van der Waals surface area (Å²) in [5, 5.41) is 13.8. The number of nitrogens with zero attached hydrogens (tertiary/aromatic N) is 1. The smallest absolute Gasteiger partial charge is 0.449 e. The van der Waals surface area contributed by atoms with Crippen LogP contribution in [0.1, 0.15) is 11.1 Å². The number of carbonyl (C=O) groups is 2. The second-order valence-electron chi connectivity index (χ2n) is 5.53.